The summed E-state index contributed by atoms with van der Waals surface area (Å²) in [6, 6.07) is 0. The van der Waals surface area contributed by atoms with Gasteiger partial charge in [-0.05, 0) is 24.8 Å². The molecule has 1 rings (SSSR count). The minimum atomic E-state index is 0.384. The molecule has 0 saturated heterocycles. The lowest BCUT2D eigenvalue weighted by Crippen LogP contribution is -2.14. The SMILES string of the molecule is C#CCC1(CN)CC1. The van der Waals surface area contributed by atoms with Crippen LogP contribution in [0.15, 0.2) is 0 Å². The number of rotatable bonds is 2. The Morgan fingerprint density at radius 2 is 2.25 bits per heavy atom. The zero-order chi connectivity index (χ0) is 6.04. The van der Waals surface area contributed by atoms with E-state index in [0.717, 1.165) is 13.0 Å². The lowest BCUT2D eigenvalue weighted by Gasteiger charge is -2.04. The Hall–Kier alpha value is -0.480. The van der Waals surface area contributed by atoms with Crippen LogP contribution in [0.2, 0.25) is 0 Å². The molecule has 8 heavy (non-hydrogen) atoms. The molecule has 0 amide bonds. The summed E-state index contributed by atoms with van der Waals surface area (Å²) in [6.07, 6.45) is 8.49. The molecule has 1 nitrogen and oxygen atoms in total. The molecule has 0 heterocycles. The van der Waals surface area contributed by atoms with Crippen molar-refractivity contribution >= 4 is 0 Å². The molecule has 0 radical (unpaired) electrons. The van der Waals surface area contributed by atoms with Gasteiger partial charge in [0.2, 0.25) is 0 Å². The first-order valence-corrected chi connectivity index (χ1v) is 2.96. The van der Waals surface area contributed by atoms with Crippen molar-refractivity contribution in [2.45, 2.75) is 19.3 Å². The lowest BCUT2D eigenvalue weighted by atomic mass is 10.0. The molecule has 1 saturated carbocycles. The molecule has 0 bridgehead atoms. The summed E-state index contributed by atoms with van der Waals surface area (Å²) in [5.74, 6) is 2.64. The lowest BCUT2D eigenvalue weighted by molar-refractivity contribution is 0.542. The minimum Gasteiger partial charge on any atom is -0.330 e. The van der Waals surface area contributed by atoms with Crippen LogP contribution in [0, 0.1) is 17.8 Å². The Kier molecular flexibility index (Phi) is 1.27. The zero-order valence-corrected chi connectivity index (χ0v) is 4.98. The second-order valence-electron chi connectivity index (χ2n) is 2.59. The molecule has 2 N–H and O–H groups in total. The van der Waals surface area contributed by atoms with Crippen molar-refractivity contribution in [1.82, 2.24) is 0 Å². The number of nitrogens with two attached hydrogens (primary N) is 1. The third-order valence-electron chi connectivity index (χ3n) is 1.87. The Labute approximate surface area is 50.3 Å². The predicted molar refractivity (Wildman–Crippen MR) is 34.2 cm³/mol. The topological polar surface area (TPSA) is 26.0 Å². The van der Waals surface area contributed by atoms with Gasteiger partial charge in [0, 0.05) is 6.42 Å². The van der Waals surface area contributed by atoms with E-state index in [4.69, 9.17) is 12.2 Å². The largest absolute Gasteiger partial charge is 0.330 e. The van der Waals surface area contributed by atoms with Gasteiger partial charge >= 0.3 is 0 Å². The van der Waals surface area contributed by atoms with Crippen LogP contribution in [-0.2, 0) is 0 Å². The monoisotopic (exact) mass is 109 g/mol. The second-order valence-corrected chi connectivity index (χ2v) is 2.59. The number of hydrogen-bond acceptors (Lipinski definition) is 1. The fraction of sp³-hybridized carbons (Fsp3) is 0.714. The highest BCUT2D eigenvalue weighted by Gasteiger charge is 2.39. The van der Waals surface area contributed by atoms with E-state index in [-0.39, 0.29) is 0 Å². The van der Waals surface area contributed by atoms with Crippen LogP contribution >= 0.6 is 0 Å². The normalized spacial score (nSPS) is 22.0. The van der Waals surface area contributed by atoms with Crippen LogP contribution in [0.3, 0.4) is 0 Å². The number of hydrogen-bond donors (Lipinski definition) is 1. The molecule has 0 aromatic heterocycles. The third-order valence-corrected chi connectivity index (χ3v) is 1.87. The van der Waals surface area contributed by atoms with E-state index in [0.29, 0.717) is 5.41 Å². The van der Waals surface area contributed by atoms with E-state index >= 15 is 0 Å². The average molecular weight is 109 g/mol. The van der Waals surface area contributed by atoms with Gasteiger partial charge in [-0.15, -0.1) is 12.3 Å². The average Bonchev–Trinajstić information content (AvgIpc) is 2.50. The Morgan fingerprint density at radius 1 is 1.62 bits per heavy atom. The maximum atomic E-state index is 5.46. The zero-order valence-electron chi connectivity index (χ0n) is 4.98. The molecule has 1 heteroatoms. The molecular weight excluding hydrogens is 98.1 g/mol. The van der Waals surface area contributed by atoms with Gasteiger partial charge in [0.1, 0.15) is 0 Å². The molecule has 1 aliphatic carbocycles. The highest BCUT2D eigenvalue weighted by molar-refractivity contribution is 5.03. The standard InChI is InChI=1S/C7H11N/c1-2-3-7(6-8)4-5-7/h1H,3-6,8H2. The van der Waals surface area contributed by atoms with Gasteiger partial charge in [0.25, 0.3) is 0 Å². The van der Waals surface area contributed by atoms with Crippen LogP contribution < -0.4 is 5.73 Å². The van der Waals surface area contributed by atoms with Gasteiger partial charge in [-0.1, -0.05) is 0 Å². The summed E-state index contributed by atoms with van der Waals surface area (Å²) in [5, 5.41) is 0. The fourth-order valence-corrected chi connectivity index (χ4v) is 0.846. The predicted octanol–water partition coefficient (Wildman–Crippen LogP) is 0.749. The van der Waals surface area contributed by atoms with Gasteiger partial charge in [0.05, 0.1) is 0 Å². The van der Waals surface area contributed by atoms with Crippen LogP contribution in [0.25, 0.3) is 0 Å². The van der Waals surface area contributed by atoms with Crippen molar-refractivity contribution in [2.24, 2.45) is 11.1 Å². The van der Waals surface area contributed by atoms with Gasteiger partial charge in [0.15, 0.2) is 0 Å². The maximum absolute atomic E-state index is 5.46. The van der Waals surface area contributed by atoms with Gasteiger partial charge < -0.3 is 5.73 Å². The molecule has 44 valence electrons. The molecule has 0 aromatic rings. The van der Waals surface area contributed by atoms with Gasteiger partial charge in [-0.2, -0.15) is 0 Å². The summed E-state index contributed by atoms with van der Waals surface area (Å²) < 4.78 is 0. The van der Waals surface area contributed by atoms with E-state index in [9.17, 15) is 0 Å². The van der Waals surface area contributed by atoms with Crippen molar-refractivity contribution in [2.75, 3.05) is 6.54 Å². The van der Waals surface area contributed by atoms with Crippen LogP contribution in [0.1, 0.15) is 19.3 Å². The van der Waals surface area contributed by atoms with E-state index in [1.807, 2.05) is 0 Å². The van der Waals surface area contributed by atoms with E-state index in [2.05, 4.69) is 5.92 Å². The Morgan fingerprint density at radius 3 is 2.38 bits per heavy atom. The van der Waals surface area contributed by atoms with Crippen LogP contribution in [0.5, 0.6) is 0 Å². The van der Waals surface area contributed by atoms with Crippen molar-refractivity contribution in [1.29, 1.82) is 0 Å². The summed E-state index contributed by atoms with van der Waals surface area (Å²) in [4.78, 5) is 0. The Bertz CT molecular complexity index is 117. The van der Waals surface area contributed by atoms with Crippen molar-refractivity contribution in [3.8, 4) is 12.3 Å². The van der Waals surface area contributed by atoms with Gasteiger partial charge in [-0.25, -0.2) is 0 Å². The van der Waals surface area contributed by atoms with Crippen molar-refractivity contribution in [3.63, 3.8) is 0 Å². The summed E-state index contributed by atoms with van der Waals surface area (Å²) in [6.45, 7) is 0.775. The summed E-state index contributed by atoms with van der Waals surface area (Å²) in [7, 11) is 0. The van der Waals surface area contributed by atoms with Crippen LogP contribution in [-0.4, -0.2) is 6.54 Å². The highest BCUT2D eigenvalue weighted by atomic mass is 14.6. The molecule has 1 aliphatic rings. The molecular formula is C7H11N. The summed E-state index contributed by atoms with van der Waals surface area (Å²) >= 11 is 0. The molecule has 1 fully saturated rings. The van der Waals surface area contributed by atoms with Crippen molar-refractivity contribution < 1.29 is 0 Å². The van der Waals surface area contributed by atoms with E-state index in [1.54, 1.807) is 0 Å². The number of terminal acetylenes is 1. The maximum Gasteiger partial charge on any atom is 0.0155 e. The first kappa shape index (κ1) is 5.65. The van der Waals surface area contributed by atoms with Crippen molar-refractivity contribution in [3.05, 3.63) is 0 Å². The molecule has 0 atom stereocenters. The third kappa shape index (κ3) is 0.850. The minimum absolute atomic E-state index is 0.384. The first-order valence-electron chi connectivity index (χ1n) is 2.96. The van der Waals surface area contributed by atoms with Crippen LogP contribution in [0.4, 0.5) is 0 Å². The molecule has 0 unspecified atom stereocenters. The molecule has 0 spiro atoms. The fourth-order valence-electron chi connectivity index (χ4n) is 0.846. The van der Waals surface area contributed by atoms with E-state index < -0.39 is 0 Å². The smallest absolute Gasteiger partial charge is 0.0155 e. The second kappa shape index (κ2) is 1.80. The molecule has 0 aliphatic heterocycles. The van der Waals surface area contributed by atoms with E-state index in [1.165, 1.54) is 12.8 Å². The van der Waals surface area contributed by atoms with Gasteiger partial charge in [-0.3, -0.25) is 0 Å². The first-order chi connectivity index (χ1) is 3.83. The Balaban J connectivity index is 2.33. The highest BCUT2D eigenvalue weighted by Crippen LogP contribution is 2.47. The quantitative estimate of drug-likeness (QED) is 0.520. The molecule has 0 aromatic carbocycles. The summed E-state index contributed by atoms with van der Waals surface area (Å²) in [5.41, 5.74) is 5.84.